The summed E-state index contributed by atoms with van der Waals surface area (Å²) in [5.74, 6) is -0.601. The molecule has 0 fully saturated rings. The molecule has 2 heterocycles. The molecular formula is C32H30BrF9N4O4. The lowest BCUT2D eigenvalue weighted by atomic mass is 9.89. The van der Waals surface area contributed by atoms with Crippen LogP contribution in [0.25, 0.3) is 0 Å². The summed E-state index contributed by atoms with van der Waals surface area (Å²) in [6.07, 6.45) is -13.7. The molecule has 0 radical (unpaired) electrons. The zero-order chi connectivity index (χ0) is 37.0. The number of ether oxygens (including phenoxy) is 2. The maximum absolute atomic E-state index is 13.8. The number of hydrogen-bond donors (Lipinski definition) is 1. The van der Waals surface area contributed by atoms with Crippen molar-refractivity contribution >= 4 is 39.6 Å². The summed E-state index contributed by atoms with van der Waals surface area (Å²) in [4.78, 5) is 34.2. The number of amides is 1. The number of alkyl halides is 9. The average Bonchev–Trinajstić information content (AvgIpc) is 3.04. The minimum absolute atomic E-state index is 0.000492. The molecule has 4 rings (SSSR count). The molecule has 0 saturated carbocycles. The second-order valence-electron chi connectivity index (χ2n) is 11.4. The van der Waals surface area contributed by atoms with Gasteiger partial charge in [0.2, 0.25) is 5.95 Å². The Hall–Kier alpha value is -4.09. The van der Waals surface area contributed by atoms with Crippen molar-refractivity contribution in [3.8, 4) is 0 Å². The van der Waals surface area contributed by atoms with E-state index in [0.29, 0.717) is 31.4 Å². The number of carbonyl (C=O) groups excluding carboxylic acids is 2. The van der Waals surface area contributed by atoms with Crippen LogP contribution in [0, 0.1) is 0 Å². The third kappa shape index (κ3) is 9.57. The van der Waals surface area contributed by atoms with E-state index in [1.807, 2.05) is 0 Å². The Labute approximate surface area is 288 Å². The average molecular weight is 786 g/mol. The Morgan fingerprint density at radius 2 is 1.58 bits per heavy atom. The molecule has 272 valence electrons. The molecule has 1 aromatic heterocycles. The van der Waals surface area contributed by atoms with Crippen LogP contribution >= 0.6 is 15.9 Å². The Morgan fingerprint density at radius 3 is 2.16 bits per heavy atom. The number of nitrogens with zero attached hydrogens (tertiary/aromatic N) is 3. The molecule has 1 N–H and O–H groups in total. The Bertz CT molecular complexity index is 1670. The van der Waals surface area contributed by atoms with E-state index in [0.717, 1.165) is 18.2 Å². The molecule has 1 amide bonds. The Balaban J connectivity index is 1.65. The van der Waals surface area contributed by atoms with Crippen molar-refractivity contribution in [3.63, 3.8) is 0 Å². The first kappa shape index (κ1) is 38.7. The smallest absolute Gasteiger partial charge is 0.416 e. The molecule has 18 heteroatoms. The SMILES string of the molecule is CC[C@@H]1C[C@H](Nc2ncc(Br)c(Cc3cc(C(F)(F)F)cc(C(F)(F)F)c3)n2)c2cc(C(F)(F)F)ccc2N1C(=O)OCCCCC(=O)OC. The molecule has 0 saturated heterocycles. The highest BCUT2D eigenvalue weighted by Crippen LogP contribution is 2.43. The van der Waals surface area contributed by atoms with Gasteiger partial charge in [-0.05, 0) is 89.1 Å². The largest absolute Gasteiger partial charge is 0.469 e. The van der Waals surface area contributed by atoms with Crippen LogP contribution in [-0.2, 0) is 39.2 Å². The van der Waals surface area contributed by atoms with Gasteiger partial charge in [-0.15, -0.1) is 0 Å². The van der Waals surface area contributed by atoms with Crippen LogP contribution in [0.4, 0.5) is 55.9 Å². The number of hydrogen-bond acceptors (Lipinski definition) is 7. The number of fused-ring (bicyclic) bond motifs is 1. The van der Waals surface area contributed by atoms with Crippen LogP contribution in [0.15, 0.2) is 47.1 Å². The van der Waals surface area contributed by atoms with Crippen molar-refractivity contribution in [2.75, 3.05) is 23.9 Å². The Kier molecular flexibility index (Phi) is 11.9. The van der Waals surface area contributed by atoms with Crippen LogP contribution in [-0.4, -0.2) is 41.8 Å². The van der Waals surface area contributed by atoms with E-state index in [4.69, 9.17) is 4.74 Å². The summed E-state index contributed by atoms with van der Waals surface area (Å²) < 4.78 is 132. The molecule has 2 aromatic carbocycles. The topological polar surface area (TPSA) is 93.7 Å². The van der Waals surface area contributed by atoms with Crippen molar-refractivity contribution < 1.29 is 58.6 Å². The van der Waals surface area contributed by atoms with Gasteiger partial charge in [0.25, 0.3) is 0 Å². The first-order valence-electron chi connectivity index (χ1n) is 15.1. The van der Waals surface area contributed by atoms with E-state index < -0.39 is 65.8 Å². The summed E-state index contributed by atoms with van der Waals surface area (Å²) >= 11 is 3.17. The predicted octanol–water partition coefficient (Wildman–Crippen LogP) is 9.51. The number of carbonyl (C=O) groups is 2. The standard InChI is InChI=1S/C32H30BrF9N4O4/c1-3-21-15-24(22-14-18(30(34,35)36)7-8-26(22)46(21)29(48)50-9-5-4-6-27(47)49-2)44-28-43-16-23(33)25(45-28)12-17-10-19(31(37,38)39)13-20(11-17)32(40,41)42/h7-8,10-11,13-14,16,21,24H,3-6,9,12,15H2,1-2H3,(H,43,44,45)/t21-,24+/m1/s1. The maximum atomic E-state index is 13.8. The summed E-state index contributed by atoms with van der Waals surface area (Å²) in [5, 5.41) is 2.95. The number of rotatable bonds is 10. The highest BCUT2D eigenvalue weighted by Gasteiger charge is 2.40. The van der Waals surface area contributed by atoms with E-state index in [1.165, 1.54) is 18.2 Å². The summed E-state index contributed by atoms with van der Waals surface area (Å²) in [6, 6.07) is 2.50. The molecule has 0 aliphatic carbocycles. The van der Waals surface area contributed by atoms with Crippen LogP contribution in [0.5, 0.6) is 0 Å². The highest BCUT2D eigenvalue weighted by atomic mass is 79.9. The molecule has 1 aliphatic rings. The van der Waals surface area contributed by atoms with Gasteiger partial charge in [-0.2, -0.15) is 39.5 Å². The van der Waals surface area contributed by atoms with Gasteiger partial charge >= 0.3 is 30.6 Å². The second kappa shape index (κ2) is 15.4. The number of benzene rings is 2. The monoisotopic (exact) mass is 784 g/mol. The zero-order valence-corrected chi connectivity index (χ0v) is 28.0. The van der Waals surface area contributed by atoms with Crippen LogP contribution < -0.4 is 10.2 Å². The number of nitrogens with one attached hydrogen (secondary N) is 1. The van der Waals surface area contributed by atoms with Crippen LogP contribution in [0.1, 0.15) is 78.6 Å². The number of anilines is 2. The molecular weight excluding hydrogens is 755 g/mol. The van der Waals surface area contributed by atoms with Gasteiger partial charge in [0.15, 0.2) is 0 Å². The minimum atomic E-state index is -5.06. The molecule has 8 nitrogen and oxygen atoms in total. The lowest BCUT2D eigenvalue weighted by Crippen LogP contribution is -2.46. The number of esters is 1. The fourth-order valence-corrected chi connectivity index (χ4v) is 5.76. The third-order valence-electron chi connectivity index (χ3n) is 7.90. The summed E-state index contributed by atoms with van der Waals surface area (Å²) in [7, 11) is 1.24. The van der Waals surface area contributed by atoms with E-state index in [2.05, 4.69) is 36.0 Å². The number of aromatic nitrogens is 2. The molecule has 0 unspecified atom stereocenters. The van der Waals surface area contributed by atoms with Crippen molar-refractivity contribution in [1.29, 1.82) is 0 Å². The second-order valence-corrected chi connectivity index (χ2v) is 12.2. The van der Waals surface area contributed by atoms with Crippen molar-refractivity contribution in [1.82, 2.24) is 9.97 Å². The fraction of sp³-hybridized carbons (Fsp3) is 0.438. The minimum Gasteiger partial charge on any atom is -0.469 e. The van der Waals surface area contributed by atoms with Crippen molar-refractivity contribution in [3.05, 3.63) is 80.6 Å². The van der Waals surface area contributed by atoms with E-state index in [9.17, 15) is 49.1 Å². The van der Waals surface area contributed by atoms with Gasteiger partial charge in [-0.3, -0.25) is 9.69 Å². The maximum Gasteiger partial charge on any atom is 0.416 e. The highest BCUT2D eigenvalue weighted by molar-refractivity contribution is 9.10. The molecule has 50 heavy (non-hydrogen) atoms. The van der Waals surface area contributed by atoms with E-state index in [-0.39, 0.29) is 58.4 Å². The molecule has 0 spiro atoms. The number of halogens is 10. The van der Waals surface area contributed by atoms with Crippen molar-refractivity contribution in [2.24, 2.45) is 0 Å². The van der Waals surface area contributed by atoms with Gasteiger partial charge in [0.1, 0.15) is 0 Å². The first-order chi connectivity index (χ1) is 23.3. The number of unbranched alkanes of at least 4 members (excludes halogenated alkanes) is 1. The molecule has 3 aromatic rings. The van der Waals surface area contributed by atoms with Gasteiger partial charge in [-0.1, -0.05) is 6.92 Å². The zero-order valence-electron chi connectivity index (χ0n) is 26.4. The first-order valence-corrected chi connectivity index (χ1v) is 15.9. The van der Waals surface area contributed by atoms with Gasteiger partial charge in [0.05, 0.1) is 52.3 Å². The summed E-state index contributed by atoms with van der Waals surface area (Å²) in [6.45, 7) is 1.69. The lowest BCUT2D eigenvalue weighted by molar-refractivity contribution is -0.143. The molecule has 0 bridgehead atoms. The third-order valence-corrected chi connectivity index (χ3v) is 8.56. The fourth-order valence-electron chi connectivity index (χ4n) is 5.43. The molecule has 2 atom stereocenters. The normalized spacial score (nSPS) is 16.5. The van der Waals surface area contributed by atoms with Crippen LogP contribution in [0.2, 0.25) is 0 Å². The quantitative estimate of drug-likeness (QED) is 0.124. The number of methoxy groups -OCH3 is 1. The Morgan fingerprint density at radius 1 is 0.940 bits per heavy atom. The van der Waals surface area contributed by atoms with Gasteiger partial charge < -0.3 is 14.8 Å². The molecule has 1 aliphatic heterocycles. The van der Waals surface area contributed by atoms with Crippen molar-refractivity contribution in [2.45, 2.75) is 76.1 Å². The predicted molar refractivity (Wildman–Crippen MR) is 165 cm³/mol. The van der Waals surface area contributed by atoms with Gasteiger partial charge in [-0.25, -0.2) is 14.8 Å². The van der Waals surface area contributed by atoms with Gasteiger partial charge in [0, 0.05) is 25.1 Å². The van der Waals surface area contributed by atoms with E-state index >= 15 is 0 Å². The van der Waals surface area contributed by atoms with Crippen LogP contribution in [0.3, 0.4) is 0 Å². The van der Waals surface area contributed by atoms with E-state index in [1.54, 1.807) is 6.92 Å². The summed E-state index contributed by atoms with van der Waals surface area (Å²) in [5.41, 5.74) is -4.18. The lowest BCUT2D eigenvalue weighted by Gasteiger charge is -2.40.